The number of aryl methyl sites for hydroxylation is 2. The van der Waals surface area contributed by atoms with Gasteiger partial charge in [0, 0.05) is 43.6 Å². The number of hydrogen-bond acceptors (Lipinski definition) is 6. The molecule has 5 rings (SSSR count). The van der Waals surface area contributed by atoms with Crippen LogP contribution in [0.25, 0.3) is 0 Å². The van der Waals surface area contributed by atoms with E-state index in [1.165, 1.54) is 12.8 Å². The van der Waals surface area contributed by atoms with Crippen molar-refractivity contribution in [1.82, 2.24) is 24.2 Å². The van der Waals surface area contributed by atoms with E-state index in [-0.39, 0.29) is 11.1 Å². The molecule has 8 heteroatoms. The summed E-state index contributed by atoms with van der Waals surface area (Å²) in [5.74, 6) is 0.451. The molecule has 1 unspecified atom stereocenters. The van der Waals surface area contributed by atoms with Crippen LogP contribution < -0.4 is 16.4 Å². The molecule has 0 spiro atoms. The second-order valence-corrected chi connectivity index (χ2v) is 9.17. The zero-order valence-corrected chi connectivity index (χ0v) is 18.1. The maximum Gasteiger partial charge on any atom is 0.293 e. The van der Waals surface area contributed by atoms with Gasteiger partial charge >= 0.3 is 0 Å². The maximum absolute atomic E-state index is 12.6. The predicted molar refractivity (Wildman–Crippen MR) is 120 cm³/mol. The lowest BCUT2D eigenvalue weighted by Crippen LogP contribution is -2.46. The van der Waals surface area contributed by atoms with E-state index in [4.69, 9.17) is 0 Å². The molecule has 1 N–H and O–H groups in total. The minimum absolute atomic E-state index is 0.0152. The predicted octanol–water partition coefficient (Wildman–Crippen LogP) is 1.98. The molecule has 0 radical (unpaired) electrons. The van der Waals surface area contributed by atoms with Gasteiger partial charge in [-0.1, -0.05) is 6.42 Å². The second-order valence-electron chi connectivity index (χ2n) is 9.17. The monoisotopic (exact) mass is 424 g/mol. The molecule has 2 aliphatic carbocycles. The van der Waals surface area contributed by atoms with Gasteiger partial charge in [-0.2, -0.15) is 5.10 Å². The quantitative estimate of drug-likeness (QED) is 0.732. The van der Waals surface area contributed by atoms with Gasteiger partial charge in [0.05, 0.1) is 12.2 Å². The van der Waals surface area contributed by atoms with E-state index in [0.717, 1.165) is 69.3 Å². The molecule has 1 aliphatic heterocycles. The van der Waals surface area contributed by atoms with Gasteiger partial charge in [0.25, 0.3) is 11.1 Å². The third kappa shape index (κ3) is 4.59. The van der Waals surface area contributed by atoms with Gasteiger partial charge in [0.15, 0.2) is 5.82 Å². The van der Waals surface area contributed by atoms with Crippen molar-refractivity contribution in [3.8, 4) is 0 Å². The van der Waals surface area contributed by atoms with Gasteiger partial charge in [-0.15, -0.1) is 0 Å². The number of anilines is 1. The number of nitrogens with one attached hydrogen (secondary N) is 1. The lowest BCUT2D eigenvalue weighted by molar-refractivity contribution is 0.147. The molecule has 0 aromatic carbocycles. The third-order valence-electron chi connectivity index (χ3n) is 6.94. The van der Waals surface area contributed by atoms with E-state index in [1.54, 1.807) is 23.1 Å². The lowest BCUT2D eigenvalue weighted by Gasteiger charge is -2.35. The topological polar surface area (TPSA) is 85.1 Å². The fraction of sp³-hybridized carbons (Fsp3) is 0.652. The first-order chi connectivity index (χ1) is 15.2. The van der Waals surface area contributed by atoms with Crippen LogP contribution in [0.1, 0.15) is 62.2 Å². The first kappa shape index (κ1) is 20.4. The first-order valence-corrected chi connectivity index (χ1v) is 11.8. The molecule has 0 bridgehead atoms. The molecule has 166 valence electrons. The smallest absolute Gasteiger partial charge is 0.293 e. The molecular weight excluding hydrogens is 392 g/mol. The van der Waals surface area contributed by atoms with Crippen molar-refractivity contribution in [3.63, 3.8) is 0 Å². The van der Waals surface area contributed by atoms with Gasteiger partial charge in [-0.05, 0) is 63.5 Å². The van der Waals surface area contributed by atoms with E-state index in [2.05, 4.69) is 20.3 Å². The van der Waals surface area contributed by atoms with E-state index in [9.17, 15) is 9.59 Å². The van der Waals surface area contributed by atoms with Crippen molar-refractivity contribution < 1.29 is 0 Å². The number of likely N-dealkylation sites (tertiary alicyclic amines) is 1. The summed E-state index contributed by atoms with van der Waals surface area (Å²) >= 11 is 0. The summed E-state index contributed by atoms with van der Waals surface area (Å²) in [6, 6.07) is 2.48. The van der Waals surface area contributed by atoms with Crippen LogP contribution in [0.15, 0.2) is 28.0 Å². The highest BCUT2D eigenvalue weighted by atomic mass is 16.1. The highest BCUT2D eigenvalue weighted by Gasteiger charge is 2.26. The molecule has 3 aliphatic rings. The highest BCUT2D eigenvalue weighted by Crippen LogP contribution is 2.33. The van der Waals surface area contributed by atoms with Crippen molar-refractivity contribution in [2.75, 3.05) is 25.0 Å². The largest absolute Gasteiger partial charge is 0.364 e. The lowest BCUT2D eigenvalue weighted by atomic mass is 9.97. The minimum atomic E-state index is -0.0165. The third-order valence-corrected chi connectivity index (χ3v) is 6.94. The molecular formula is C23H32N6O2. The zero-order chi connectivity index (χ0) is 21.2. The molecule has 0 amide bonds. The van der Waals surface area contributed by atoms with Crippen LogP contribution in [0.5, 0.6) is 0 Å². The van der Waals surface area contributed by atoms with E-state index < -0.39 is 0 Å². The minimum Gasteiger partial charge on any atom is -0.364 e. The molecule has 3 heterocycles. The molecule has 8 nitrogen and oxygen atoms in total. The van der Waals surface area contributed by atoms with Crippen LogP contribution in [0.4, 0.5) is 5.82 Å². The number of rotatable bonds is 7. The van der Waals surface area contributed by atoms with E-state index in [0.29, 0.717) is 31.0 Å². The highest BCUT2D eigenvalue weighted by molar-refractivity contribution is 5.31. The summed E-state index contributed by atoms with van der Waals surface area (Å²) in [5, 5.41) is 7.98. The normalized spacial score (nSPS) is 21.6. The van der Waals surface area contributed by atoms with Gasteiger partial charge in [-0.3, -0.25) is 14.5 Å². The summed E-state index contributed by atoms with van der Waals surface area (Å²) in [7, 11) is 0. The summed E-state index contributed by atoms with van der Waals surface area (Å²) in [6.45, 7) is 3.12. The Morgan fingerprint density at radius 2 is 1.90 bits per heavy atom. The van der Waals surface area contributed by atoms with Crippen molar-refractivity contribution in [3.05, 3.63) is 50.4 Å². The summed E-state index contributed by atoms with van der Waals surface area (Å²) in [4.78, 5) is 31.9. The average Bonchev–Trinajstić information content (AvgIpc) is 3.63. The zero-order valence-electron chi connectivity index (χ0n) is 18.1. The number of fused-ring (bicyclic) bond motifs is 1. The SMILES string of the molecule is O=c1c(NCC2CCCCN2CCn2nc3c(cc2=O)CCCC3)nccn1C1CC1. The van der Waals surface area contributed by atoms with Gasteiger partial charge in [-0.25, -0.2) is 9.67 Å². The van der Waals surface area contributed by atoms with E-state index in [1.807, 2.05) is 4.57 Å². The van der Waals surface area contributed by atoms with Gasteiger partial charge < -0.3 is 9.88 Å². The number of aromatic nitrogens is 4. The van der Waals surface area contributed by atoms with E-state index >= 15 is 0 Å². The Kier molecular flexibility index (Phi) is 5.89. The molecule has 1 saturated heterocycles. The summed E-state index contributed by atoms with van der Waals surface area (Å²) in [6.07, 6.45) is 13.4. The van der Waals surface area contributed by atoms with Crippen LogP contribution in [0.2, 0.25) is 0 Å². The Balaban J connectivity index is 1.23. The Bertz CT molecular complexity index is 1040. The Labute approximate surface area is 182 Å². The van der Waals surface area contributed by atoms with Crippen LogP contribution in [-0.4, -0.2) is 49.9 Å². The number of piperidine rings is 1. The molecule has 1 saturated carbocycles. The summed E-state index contributed by atoms with van der Waals surface area (Å²) in [5.41, 5.74) is 2.24. The molecule has 2 aromatic rings. The van der Waals surface area contributed by atoms with Crippen molar-refractivity contribution in [2.24, 2.45) is 0 Å². The Morgan fingerprint density at radius 3 is 2.77 bits per heavy atom. The molecule has 1 atom stereocenters. The average molecular weight is 425 g/mol. The van der Waals surface area contributed by atoms with Crippen LogP contribution in [0, 0.1) is 0 Å². The first-order valence-electron chi connectivity index (χ1n) is 11.8. The van der Waals surface area contributed by atoms with Crippen molar-refractivity contribution in [1.29, 1.82) is 0 Å². The van der Waals surface area contributed by atoms with Gasteiger partial charge in [0.1, 0.15) is 0 Å². The fourth-order valence-electron chi connectivity index (χ4n) is 4.97. The standard InChI is InChI=1S/C23H32N6O2/c30-21-15-17-5-1-2-7-20(17)26-29(21)14-13-27-11-4-3-6-19(27)16-25-22-23(31)28(12-10-24-22)18-8-9-18/h10,12,15,18-19H,1-9,11,13-14,16H2,(H,24,25). The Morgan fingerprint density at radius 1 is 1.03 bits per heavy atom. The van der Waals surface area contributed by atoms with Crippen LogP contribution >= 0.6 is 0 Å². The summed E-state index contributed by atoms with van der Waals surface area (Å²) < 4.78 is 3.46. The molecule has 31 heavy (non-hydrogen) atoms. The van der Waals surface area contributed by atoms with Gasteiger partial charge in [0.2, 0.25) is 0 Å². The van der Waals surface area contributed by atoms with Crippen LogP contribution in [-0.2, 0) is 19.4 Å². The van der Waals surface area contributed by atoms with Crippen LogP contribution in [0.3, 0.4) is 0 Å². The molecule has 2 fully saturated rings. The second kappa shape index (κ2) is 8.94. The maximum atomic E-state index is 12.6. The number of hydrogen-bond donors (Lipinski definition) is 1. The van der Waals surface area contributed by atoms with Crippen molar-refractivity contribution >= 4 is 5.82 Å². The number of nitrogens with zero attached hydrogens (tertiary/aromatic N) is 5. The Hall–Kier alpha value is -2.48. The van der Waals surface area contributed by atoms with Crippen molar-refractivity contribution in [2.45, 2.75) is 76.4 Å². The molecule has 2 aromatic heterocycles. The fourth-order valence-corrected chi connectivity index (χ4v) is 4.97.